The van der Waals surface area contributed by atoms with Gasteiger partial charge in [-0.15, -0.1) is 0 Å². The van der Waals surface area contributed by atoms with Gasteiger partial charge in [0.2, 0.25) is 5.95 Å². The zero-order valence-corrected chi connectivity index (χ0v) is 13.5. The molecule has 3 rings (SSSR count). The fourth-order valence-electron chi connectivity index (χ4n) is 2.34. The SMILES string of the molecule is CNc1nc(NCc2ccccc2[N+](=O)[O-])cc(-c2ccncc2)n1. The molecule has 0 radical (unpaired) electrons. The lowest BCUT2D eigenvalue weighted by Gasteiger charge is -2.10. The van der Waals surface area contributed by atoms with Gasteiger partial charge in [-0.2, -0.15) is 4.98 Å². The smallest absolute Gasteiger partial charge is 0.274 e. The maximum absolute atomic E-state index is 11.1. The van der Waals surface area contributed by atoms with Crippen LogP contribution in [-0.2, 0) is 6.54 Å². The van der Waals surface area contributed by atoms with Crippen molar-refractivity contribution in [2.24, 2.45) is 0 Å². The summed E-state index contributed by atoms with van der Waals surface area (Å²) in [7, 11) is 1.73. The van der Waals surface area contributed by atoms with E-state index in [1.54, 1.807) is 43.7 Å². The lowest BCUT2D eigenvalue weighted by atomic mass is 10.1. The first kappa shape index (κ1) is 16.3. The van der Waals surface area contributed by atoms with E-state index in [0.29, 0.717) is 17.3 Å². The summed E-state index contributed by atoms with van der Waals surface area (Å²) < 4.78 is 0. The molecule has 0 saturated carbocycles. The van der Waals surface area contributed by atoms with E-state index in [1.165, 1.54) is 6.07 Å². The Morgan fingerprint density at radius 3 is 2.60 bits per heavy atom. The van der Waals surface area contributed by atoms with E-state index in [2.05, 4.69) is 25.6 Å². The van der Waals surface area contributed by atoms with E-state index in [4.69, 9.17) is 0 Å². The zero-order chi connectivity index (χ0) is 17.6. The van der Waals surface area contributed by atoms with E-state index in [-0.39, 0.29) is 12.2 Å². The topological polar surface area (TPSA) is 106 Å². The van der Waals surface area contributed by atoms with Crippen LogP contribution in [0.2, 0.25) is 0 Å². The lowest BCUT2D eigenvalue weighted by Crippen LogP contribution is -2.07. The van der Waals surface area contributed by atoms with Crippen LogP contribution in [0.3, 0.4) is 0 Å². The molecular formula is C17H16N6O2. The molecule has 25 heavy (non-hydrogen) atoms. The maximum atomic E-state index is 11.1. The van der Waals surface area contributed by atoms with Gasteiger partial charge in [-0.25, -0.2) is 4.98 Å². The molecule has 0 spiro atoms. The lowest BCUT2D eigenvalue weighted by molar-refractivity contribution is -0.385. The highest BCUT2D eigenvalue weighted by Gasteiger charge is 2.12. The molecule has 126 valence electrons. The van der Waals surface area contributed by atoms with E-state index in [9.17, 15) is 10.1 Å². The average molecular weight is 336 g/mol. The van der Waals surface area contributed by atoms with Crippen LogP contribution in [0.25, 0.3) is 11.3 Å². The molecule has 0 aliphatic carbocycles. The van der Waals surface area contributed by atoms with Gasteiger partial charge in [0.1, 0.15) is 5.82 Å². The molecular weight excluding hydrogens is 320 g/mol. The molecule has 0 amide bonds. The number of nitro groups is 1. The Hall–Kier alpha value is -3.55. The van der Waals surface area contributed by atoms with Gasteiger partial charge in [0.25, 0.3) is 5.69 Å². The van der Waals surface area contributed by atoms with E-state index >= 15 is 0 Å². The molecule has 8 heteroatoms. The third-order valence-electron chi connectivity index (χ3n) is 3.57. The summed E-state index contributed by atoms with van der Waals surface area (Å²) in [6.07, 6.45) is 3.38. The number of rotatable bonds is 6. The highest BCUT2D eigenvalue weighted by Crippen LogP contribution is 2.22. The van der Waals surface area contributed by atoms with Crippen molar-refractivity contribution in [3.63, 3.8) is 0 Å². The Bertz CT molecular complexity index is 885. The highest BCUT2D eigenvalue weighted by atomic mass is 16.6. The summed E-state index contributed by atoms with van der Waals surface area (Å²) >= 11 is 0. The molecule has 0 unspecified atom stereocenters. The Kier molecular flexibility index (Phi) is 4.79. The highest BCUT2D eigenvalue weighted by molar-refractivity contribution is 5.64. The van der Waals surface area contributed by atoms with Gasteiger partial charge >= 0.3 is 0 Å². The summed E-state index contributed by atoms with van der Waals surface area (Å²) in [4.78, 5) is 23.5. The Balaban J connectivity index is 1.87. The van der Waals surface area contributed by atoms with Crippen LogP contribution in [0.1, 0.15) is 5.56 Å². The van der Waals surface area contributed by atoms with Crippen LogP contribution in [-0.4, -0.2) is 26.9 Å². The fraction of sp³-hybridized carbons (Fsp3) is 0.118. The number of pyridine rings is 1. The number of hydrogen-bond donors (Lipinski definition) is 2. The van der Waals surface area contributed by atoms with Crippen LogP contribution < -0.4 is 10.6 Å². The number of nitrogens with one attached hydrogen (secondary N) is 2. The monoisotopic (exact) mass is 336 g/mol. The summed E-state index contributed by atoms with van der Waals surface area (Å²) in [5.74, 6) is 1.03. The average Bonchev–Trinajstić information content (AvgIpc) is 2.67. The second kappa shape index (κ2) is 7.35. The van der Waals surface area contributed by atoms with Crippen molar-refractivity contribution in [1.29, 1.82) is 0 Å². The Morgan fingerprint density at radius 1 is 1.12 bits per heavy atom. The predicted octanol–water partition coefficient (Wildman–Crippen LogP) is 3.10. The third kappa shape index (κ3) is 3.86. The molecule has 0 saturated heterocycles. The Labute approximate surface area is 144 Å². The molecule has 0 aliphatic rings. The summed E-state index contributed by atoms with van der Waals surface area (Å²) in [5, 5.41) is 17.2. The van der Waals surface area contributed by atoms with Gasteiger partial charge in [0.05, 0.1) is 10.6 Å². The number of hydrogen-bond acceptors (Lipinski definition) is 7. The van der Waals surface area contributed by atoms with Crippen molar-refractivity contribution < 1.29 is 4.92 Å². The number of para-hydroxylation sites is 1. The van der Waals surface area contributed by atoms with Crippen molar-refractivity contribution in [3.8, 4) is 11.3 Å². The summed E-state index contributed by atoms with van der Waals surface area (Å²) in [6.45, 7) is 0.285. The molecule has 3 aromatic rings. The van der Waals surface area contributed by atoms with Crippen molar-refractivity contribution in [2.75, 3.05) is 17.7 Å². The molecule has 1 aromatic carbocycles. The van der Waals surface area contributed by atoms with Crippen molar-refractivity contribution in [2.45, 2.75) is 6.54 Å². The van der Waals surface area contributed by atoms with Gasteiger partial charge < -0.3 is 10.6 Å². The number of nitro benzene ring substituents is 1. The van der Waals surface area contributed by atoms with E-state index in [0.717, 1.165) is 11.3 Å². The van der Waals surface area contributed by atoms with Crippen LogP contribution in [0, 0.1) is 10.1 Å². The first-order valence-corrected chi connectivity index (χ1v) is 7.61. The van der Waals surface area contributed by atoms with Gasteiger partial charge in [-0.05, 0) is 12.1 Å². The quantitative estimate of drug-likeness (QED) is 0.526. The first-order chi connectivity index (χ1) is 12.2. The molecule has 0 bridgehead atoms. The summed E-state index contributed by atoms with van der Waals surface area (Å²) in [5.41, 5.74) is 2.30. The maximum Gasteiger partial charge on any atom is 0.274 e. The molecule has 2 heterocycles. The fourth-order valence-corrected chi connectivity index (χ4v) is 2.34. The first-order valence-electron chi connectivity index (χ1n) is 7.61. The minimum atomic E-state index is -0.390. The molecule has 2 N–H and O–H groups in total. The minimum absolute atomic E-state index is 0.0762. The zero-order valence-electron chi connectivity index (χ0n) is 13.5. The molecule has 8 nitrogen and oxygen atoms in total. The van der Waals surface area contributed by atoms with Crippen LogP contribution in [0.4, 0.5) is 17.5 Å². The van der Waals surface area contributed by atoms with Crippen molar-refractivity contribution in [1.82, 2.24) is 15.0 Å². The molecule has 0 fully saturated rings. The standard InChI is InChI=1S/C17H16N6O2/c1-18-17-21-14(12-6-8-19-9-7-12)10-16(22-17)20-11-13-4-2-3-5-15(13)23(24)25/h2-10H,11H2,1H3,(H2,18,20,21,22). The minimum Gasteiger partial charge on any atom is -0.366 e. The number of benzene rings is 1. The predicted molar refractivity (Wildman–Crippen MR) is 95.2 cm³/mol. The molecule has 0 aliphatic heterocycles. The van der Waals surface area contributed by atoms with Gasteiger partial charge in [0, 0.05) is 49.2 Å². The molecule has 2 aromatic heterocycles. The second-order valence-corrected chi connectivity index (χ2v) is 5.19. The van der Waals surface area contributed by atoms with E-state index in [1.807, 2.05) is 12.1 Å². The van der Waals surface area contributed by atoms with Crippen LogP contribution in [0.15, 0.2) is 54.9 Å². The molecule has 0 atom stereocenters. The third-order valence-corrected chi connectivity index (χ3v) is 3.57. The van der Waals surface area contributed by atoms with Crippen LogP contribution >= 0.6 is 0 Å². The largest absolute Gasteiger partial charge is 0.366 e. The summed E-state index contributed by atoms with van der Waals surface area (Å²) in [6, 6.07) is 12.1. The van der Waals surface area contributed by atoms with Gasteiger partial charge in [0.15, 0.2) is 0 Å². The van der Waals surface area contributed by atoms with Gasteiger partial charge in [-0.1, -0.05) is 18.2 Å². The van der Waals surface area contributed by atoms with Crippen molar-refractivity contribution >= 4 is 17.5 Å². The second-order valence-electron chi connectivity index (χ2n) is 5.19. The van der Waals surface area contributed by atoms with E-state index < -0.39 is 4.92 Å². The van der Waals surface area contributed by atoms with Crippen LogP contribution in [0.5, 0.6) is 0 Å². The number of nitrogens with zero attached hydrogens (tertiary/aromatic N) is 4. The number of anilines is 2. The normalized spacial score (nSPS) is 10.3. The number of aromatic nitrogens is 3. The van der Waals surface area contributed by atoms with Gasteiger partial charge in [-0.3, -0.25) is 15.1 Å². The van der Waals surface area contributed by atoms with Crippen molar-refractivity contribution in [3.05, 3.63) is 70.5 Å². The Morgan fingerprint density at radius 2 is 1.88 bits per heavy atom.